The fourth-order valence-corrected chi connectivity index (χ4v) is 3.12. The fourth-order valence-electron chi connectivity index (χ4n) is 3.12. The number of para-hydroxylation sites is 1. The Balaban J connectivity index is 0.00000210. The maximum atomic E-state index is 6.55. The summed E-state index contributed by atoms with van der Waals surface area (Å²) in [5.41, 5.74) is 10.9. The monoisotopic (exact) mass is 381 g/mol. The van der Waals surface area contributed by atoms with E-state index in [1.165, 1.54) is 0 Å². The molecule has 4 rings (SSSR count). The van der Waals surface area contributed by atoms with Crippen LogP contribution in [0.25, 0.3) is 22.2 Å². The van der Waals surface area contributed by atoms with Crippen LogP contribution in [0.5, 0.6) is 5.75 Å². The number of nitrogens with zero attached hydrogens (tertiary/aromatic N) is 2. The average Bonchev–Trinajstić information content (AvgIpc) is 3.12. The maximum absolute atomic E-state index is 6.55. The maximum Gasteiger partial charge on any atom is 0.167 e. The van der Waals surface area contributed by atoms with E-state index in [4.69, 9.17) is 15.0 Å². The van der Waals surface area contributed by atoms with Gasteiger partial charge in [0.2, 0.25) is 0 Å². The van der Waals surface area contributed by atoms with E-state index in [2.05, 4.69) is 10.1 Å². The number of ether oxygens (including phenoxy) is 1. The van der Waals surface area contributed by atoms with Gasteiger partial charge in [0, 0.05) is 35.3 Å². The second-order valence-corrected chi connectivity index (χ2v) is 6.11. The van der Waals surface area contributed by atoms with Gasteiger partial charge < -0.3 is 15.0 Å². The van der Waals surface area contributed by atoms with Gasteiger partial charge in [0.05, 0.1) is 7.11 Å². The summed E-state index contributed by atoms with van der Waals surface area (Å²) in [6.45, 7) is 0. The van der Waals surface area contributed by atoms with E-state index in [1.54, 1.807) is 13.3 Å². The van der Waals surface area contributed by atoms with E-state index < -0.39 is 0 Å². The first-order valence-electron chi connectivity index (χ1n) is 8.44. The van der Waals surface area contributed by atoms with E-state index in [1.807, 2.05) is 60.7 Å². The van der Waals surface area contributed by atoms with Crippen LogP contribution in [0.3, 0.4) is 0 Å². The number of aromatic nitrogens is 2. The van der Waals surface area contributed by atoms with Crippen molar-refractivity contribution in [3.8, 4) is 17.0 Å². The second kappa shape index (κ2) is 8.20. The summed E-state index contributed by atoms with van der Waals surface area (Å²) in [4.78, 5) is 4.38. The number of halogens is 1. The topological polar surface area (TPSA) is 74.2 Å². The zero-order valence-electron chi connectivity index (χ0n) is 14.8. The highest BCUT2D eigenvalue weighted by Crippen LogP contribution is 2.35. The normalized spacial score (nSPS) is 11.8. The molecule has 0 spiro atoms. The molecular weight excluding hydrogens is 362 g/mol. The lowest BCUT2D eigenvalue weighted by Crippen LogP contribution is -2.15. The fraction of sp³-hybridized carbons (Fsp3) is 0.143. The Morgan fingerprint density at radius 3 is 2.67 bits per heavy atom. The van der Waals surface area contributed by atoms with Crippen LogP contribution >= 0.6 is 12.4 Å². The molecule has 2 aromatic heterocycles. The largest absolute Gasteiger partial charge is 0.497 e. The van der Waals surface area contributed by atoms with E-state index in [0.717, 1.165) is 39.2 Å². The first kappa shape index (κ1) is 18.9. The summed E-state index contributed by atoms with van der Waals surface area (Å²) in [6, 6.07) is 19.3. The van der Waals surface area contributed by atoms with Gasteiger partial charge in [-0.1, -0.05) is 23.4 Å². The Morgan fingerprint density at radius 1 is 1.07 bits per heavy atom. The molecule has 0 fully saturated rings. The van der Waals surface area contributed by atoms with Gasteiger partial charge in [-0.05, 0) is 48.0 Å². The number of fused-ring (bicyclic) bond motifs is 1. The molecule has 0 aliphatic carbocycles. The SMILES string of the molecule is COc1ccc(-c2noc3ccccc23)c([C@@H](N)Cc2ccccn2)c1.Cl. The van der Waals surface area contributed by atoms with Crippen molar-refractivity contribution in [1.82, 2.24) is 10.1 Å². The minimum atomic E-state index is -0.245. The van der Waals surface area contributed by atoms with Crippen molar-refractivity contribution in [3.63, 3.8) is 0 Å². The van der Waals surface area contributed by atoms with E-state index in [0.29, 0.717) is 6.42 Å². The third-order valence-corrected chi connectivity index (χ3v) is 4.45. The molecule has 27 heavy (non-hydrogen) atoms. The van der Waals surface area contributed by atoms with Crippen molar-refractivity contribution in [2.75, 3.05) is 7.11 Å². The van der Waals surface area contributed by atoms with E-state index >= 15 is 0 Å². The molecule has 0 aliphatic rings. The van der Waals surface area contributed by atoms with Gasteiger partial charge in [-0.15, -0.1) is 12.4 Å². The zero-order valence-corrected chi connectivity index (χ0v) is 15.6. The lowest BCUT2D eigenvalue weighted by Gasteiger charge is -2.16. The van der Waals surface area contributed by atoms with E-state index in [-0.39, 0.29) is 18.4 Å². The molecule has 0 amide bonds. The number of pyridine rings is 1. The van der Waals surface area contributed by atoms with Gasteiger partial charge >= 0.3 is 0 Å². The molecule has 6 heteroatoms. The van der Waals surface area contributed by atoms with Crippen LogP contribution in [0.15, 0.2) is 71.4 Å². The first-order chi connectivity index (χ1) is 12.8. The molecule has 0 radical (unpaired) electrons. The van der Waals surface area contributed by atoms with Gasteiger partial charge in [0.25, 0.3) is 0 Å². The quantitative estimate of drug-likeness (QED) is 0.548. The first-order valence-corrected chi connectivity index (χ1v) is 8.44. The summed E-state index contributed by atoms with van der Waals surface area (Å²) in [6.07, 6.45) is 2.40. The molecule has 1 atom stereocenters. The van der Waals surface area contributed by atoms with Crippen molar-refractivity contribution >= 4 is 23.4 Å². The smallest absolute Gasteiger partial charge is 0.167 e. The van der Waals surface area contributed by atoms with Crippen molar-refractivity contribution < 1.29 is 9.26 Å². The standard InChI is InChI=1S/C21H19N3O2.ClH/c1-25-15-9-10-16(21-17-7-2-3-8-20(17)26-24-21)18(13-15)19(22)12-14-6-4-5-11-23-14;/h2-11,13,19H,12,22H2,1H3;1H/t19-;/m0./s1. The number of hydrogen-bond acceptors (Lipinski definition) is 5. The highest BCUT2D eigenvalue weighted by molar-refractivity contribution is 5.92. The molecule has 5 nitrogen and oxygen atoms in total. The Bertz CT molecular complexity index is 1030. The second-order valence-electron chi connectivity index (χ2n) is 6.11. The van der Waals surface area contributed by atoms with Gasteiger partial charge in [-0.25, -0.2) is 0 Å². The number of nitrogens with two attached hydrogens (primary N) is 1. The molecular formula is C21H20ClN3O2. The molecule has 2 N–H and O–H groups in total. The molecule has 138 valence electrons. The Hall–Kier alpha value is -2.89. The molecule has 0 bridgehead atoms. The van der Waals surface area contributed by atoms with Crippen molar-refractivity contribution in [2.24, 2.45) is 5.73 Å². The average molecular weight is 382 g/mol. The van der Waals surface area contributed by atoms with Gasteiger partial charge in [-0.3, -0.25) is 4.98 Å². The van der Waals surface area contributed by atoms with Crippen LogP contribution in [-0.2, 0) is 6.42 Å². The number of benzene rings is 2. The molecule has 4 aromatic rings. The van der Waals surface area contributed by atoms with Gasteiger partial charge in [0.15, 0.2) is 5.58 Å². The number of hydrogen-bond donors (Lipinski definition) is 1. The summed E-state index contributed by atoms with van der Waals surface area (Å²) < 4.78 is 10.9. The Morgan fingerprint density at radius 2 is 1.89 bits per heavy atom. The van der Waals surface area contributed by atoms with Crippen LogP contribution in [0.4, 0.5) is 0 Å². The summed E-state index contributed by atoms with van der Waals surface area (Å²) >= 11 is 0. The summed E-state index contributed by atoms with van der Waals surface area (Å²) in [5, 5.41) is 5.25. The highest BCUT2D eigenvalue weighted by Gasteiger charge is 2.19. The molecule has 0 aliphatic heterocycles. The highest BCUT2D eigenvalue weighted by atomic mass is 35.5. The summed E-state index contributed by atoms with van der Waals surface area (Å²) in [5.74, 6) is 0.757. The van der Waals surface area contributed by atoms with Gasteiger partial charge in [0.1, 0.15) is 11.4 Å². The van der Waals surface area contributed by atoms with Crippen molar-refractivity contribution in [3.05, 3.63) is 78.1 Å². The van der Waals surface area contributed by atoms with Crippen molar-refractivity contribution in [2.45, 2.75) is 12.5 Å². The lowest BCUT2D eigenvalue weighted by molar-refractivity contribution is 0.413. The molecule has 0 unspecified atom stereocenters. The minimum absolute atomic E-state index is 0. The zero-order chi connectivity index (χ0) is 17.9. The van der Waals surface area contributed by atoms with Crippen molar-refractivity contribution in [1.29, 1.82) is 0 Å². The van der Waals surface area contributed by atoms with Crippen LogP contribution < -0.4 is 10.5 Å². The minimum Gasteiger partial charge on any atom is -0.497 e. The van der Waals surface area contributed by atoms with Crippen LogP contribution in [-0.4, -0.2) is 17.3 Å². The van der Waals surface area contributed by atoms with Crippen LogP contribution in [0.2, 0.25) is 0 Å². The lowest BCUT2D eigenvalue weighted by atomic mass is 9.94. The molecule has 0 saturated carbocycles. The number of methoxy groups -OCH3 is 1. The van der Waals surface area contributed by atoms with Crippen LogP contribution in [0, 0.1) is 0 Å². The predicted molar refractivity (Wildman–Crippen MR) is 108 cm³/mol. The van der Waals surface area contributed by atoms with Crippen LogP contribution in [0.1, 0.15) is 17.3 Å². The molecule has 2 aromatic carbocycles. The Labute approximate surface area is 163 Å². The van der Waals surface area contributed by atoms with Gasteiger partial charge in [-0.2, -0.15) is 0 Å². The third-order valence-electron chi connectivity index (χ3n) is 4.45. The Kier molecular flexibility index (Phi) is 5.74. The predicted octanol–water partition coefficient (Wildman–Crippen LogP) is 4.56. The molecule has 0 saturated heterocycles. The van der Waals surface area contributed by atoms with E-state index in [9.17, 15) is 0 Å². The molecule has 2 heterocycles. The summed E-state index contributed by atoms with van der Waals surface area (Å²) in [7, 11) is 1.65. The number of rotatable bonds is 5. The third kappa shape index (κ3) is 3.79.